The molecule has 2 rings (SSSR count). The van der Waals surface area contributed by atoms with Crippen molar-refractivity contribution in [2.45, 2.75) is 38.9 Å². The van der Waals surface area contributed by atoms with E-state index in [-0.39, 0.29) is 11.2 Å². The summed E-state index contributed by atoms with van der Waals surface area (Å²) < 4.78 is 13.5. The Morgan fingerprint density at radius 1 is 1.20 bits per heavy atom. The summed E-state index contributed by atoms with van der Waals surface area (Å²) in [5, 5.41) is 7.81. The highest BCUT2D eigenvalue weighted by atomic mass is 16.7. The summed E-state index contributed by atoms with van der Waals surface area (Å²) in [5.74, 6) is 0. The van der Waals surface area contributed by atoms with Crippen molar-refractivity contribution < 1.29 is 9.31 Å². The molecule has 0 unspecified atom stereocenters. The third-order valence-corrected chi connectivity index (χ3v) is 3.21. The van der Waals surface area contributed by atoms with Crippen molar-refractivity contribution in [3.8, 4) is 0 Å². The Labute approximate surface area is 89.9 Å². The van der Waals surface area contributed by atoms with E-state index in [0.717, 1.165) is 0 Å². The molecule has 2 heterocycles. The van der Waals surface area contributed by atoms with E-state index in [2.05, 4.69) is 10.2 Å². The molecule has 1 aromatic heterocycles. The van der Waals surface area contributed by atoms with Gasteiger partial charge in [-0.2, -0.15) is 0 Å². The number of hydrogen-bond donors (Lipinski definition) is 0. The Balaban J connectivity index is 2.27. The minimum Gasteiger partial charge on any atom is -0.397 e. The maximum absolute atomic E-state index is 5.84. The molecule has 1 fully saturated rings. The van der Waals surface area contributed by atoms with Crippen LogP contribution in [0.4, 0.5) is 0 Å². The number of hydrogen-bond acceptors (Lipinski definition) is 4. The molecular weight excluding hydrogens is 193 g/mol. The first kappa shape index (κ1) is 10.6. The van der Waals surface area contributed by atoms with Gasteiger partial charge in [-0.25, -0.2) is 0 Å². The molecule has 0 aliphatic carbocycles. The summed E-state index contributed by atoms with van der Waals surface area (Å²) in [7, 11) is 1.45. The molecule has 0 N–H and O–H groups in total. The quantitative estimate of drug-likeness (QED) is 0.616. The van der Waals surface area contributed by atoms with E-state index in [1.165, 1.54) is 0 Å². The average molecular weight is 209 g/mol. The van der Waals surface area contributed by atoms with Crippen LogP contribution in [0.1, 0.15) is 27.7 Å². The van der Waals surface area contributed by atoms with Crippen molar-refractivity contribution in [1.29, 1.82) is 0 Å². The molecule has 1 aliphatic heterocycles. The van der Waals surface area contributed by atoms with E-state index in [0.29, 0.717) is 5.72 Å². The van der Waals surface area contributed by atoms with Crippen LogP contribution < -0.4 is 5.72 Å². The fourth-order valence-electron chi connectivity index (χ4n) is 1.45. The zero-order valence-corrected chi connectivity index (χ0v) is 9.81. The van der Waals surface area contributed by atoms with Gasteiger partial charge in [0.15, 0.2) is 5.72 Å². The highest BCUT2D eigenvalue weighted by Crippen LogP contribution is 2.36. The van der Waals surface area contributed by atoms with Crippen LogP contribution >= 0.6 is 0 Å². The lowest BCUT2D eigenvalue weighted by Gasteiger charge is -2.32. The SMILES string of the molecule is Cn1cnnc1B1OC(C)(C)C(C)(C)O1. The fraction of sp³-hybridized carbons (Fsp3) is 0.778. The first-order valence-corrected chi connectivity index (χ1v) is 5.03. The van der Waals surface area contributed by atoms with Crippen LogP contribution in [0.3, 0.4) is 0 Å². The van der Waals surface area contributed by atoms with Gasteiger partial charge in [0.2, 0.25) is 0 Å². The Kier molecular flexibility index (Phi) is 2.17. The highest BCUT2D eigenvalue weighted by molar-refractivity contribution is 6.60. The monoisotopic (exact) mass is 209 g/mol. The molecule has 5 nitrogen and oxygen atoms in total. The maximum Gasteiger partial charge on any atom is 0.534 e. The molecule has 0 radical (unpaired) electrons. The third kappa shape index (κ3) is 1.57. The Bertz CT molecular complexity index is 359. The lowest BCUT2D eigenvalue weighted by molar-refractivity contribution is 0.00578. The lowest BCUT2D eigenvalue weighted by atomic mass is 9.89. The first-order chi connectivity index (χ1) is 6.83. The molecule has 82 valence electrons. The van der Waals surface area contributed by atoms with Gasteiger partial charge in [-0.1, -0.05) is 0 Å². The van der Waals surface area contributed by atoms with Crippen molar-refractivity contribution >= 4 is 12.8 Å². The molecule has 0 atom stereocenters. The van der Waals surface area contributed by atoms with E-state index in [4.69, 9.17) is 9.31 Å². The summed E-state index contributed by atoms with van der Waals surface area (Å²) >= 11 is 0. The van der Waals surface area contributed by atoms with E-state index in [1.807, 2.05) is 39.3 Å². The van der Waals surface area contributed by atoms with Crippen LogP contribution in [0.2, 0.25) is 0 Å². The summed E-state index contributed by atoms with van der Waals surface area (Å²) in [5.41, 5.74) is 0.0430. The molecule has 0 amide bonds. The molecule has 1 aliphatic rings. The van der Waals surface area contributed by atoms with Crippen LogP contribution in [-0.2, 0) is 16.4 Å². The molecule has 0 bridgehead atoms. The molecule has 1 aromatic rings. The van der Waals surface area contributed by atoms with E-state index in [1.54, 1.807) is 6.33 Å². The van der Waals surface area contributed by atoms with Crippen LogP contribution in [-0.4, -0.2) is 33.1 Å². The number of nitrogens with zero attached hydrogens (tertiary/aromatic N) is 3. The predicted molar refractivity (Wildman–Crippen MR) is 56.7 cm³/mol. The Morgan fingerprint density at radius 3 is 2.13 bits per heavy atom. The molecule has 1 saturated heterocycles. The minimum atomic E-state index is -0.428. The van der Waals surface area contributed by atoms with Gasteiger partial charge in [-0.05, 0) is 27.7 Å². The fourth-order valence-corrected chi connectivity index (χ4v) is 1.45. The smallest absolute Gasteiger partial charge is 0.397 e. The van der Waals surface area contributed by atoms with Gasteiger partial charge in [0, 0.05) is 7.05 Å². The van der Waals surface area contributed by atoms with Crippen molar-refractivity contribution in [3.05, 3.63) is 6.33 Å². The minimum absolute atomic E-state index is 0.330. The number of aromatic nitrogens is 3. The normalized spacial score (nSPS) is 23.4. The van der Waals surface area contributed by atoms with Crippen LogP contribution in [0.25, 0.3) is 0 Å². The van der Waals surface area contributed by atoms with Crippen molar-refractivity contribution in [2.75, 3.05) is 0 Å². The maximum atomic E-state index is 5.84. The first-order valence-electron chi connectivity index (χ1n) is 5.03. The van der Waals surface area contributed by atoms with Crippen LogP contribution in [0, 0.1) is 0 Å². The van der Waals surface area contributed by atoms with Gasteiger partial charge >= 0.3 is 7.12 Å². The predicted octanol–water partition coefficient (Wildman–Crippen LogP) is 0.114. The molecule has 0 aromatic carbocycles. The standard InChI is InChI=1S/C9H16BN3O2/c1-8(2)9(3,4)15-10(14-8)7-12-11-6-13(7)5/h6H,1-5H3. The molecule has 6 heteroatoms. The van der Waals surface area contributed by atoms with E-state index < -0.39 is 7.12 Å². The molecule has 15 heavy (non-hydrogen) atoms. The number of rotatable bonds is 1. The summed E-state index contributed by atoms with van der Waals surface area (Å²) in [4.78, 5) is 0. The van der Waals surface area contributed by atoms with Crippen LogP contribution in [0.15, 0.2) is 6.33 Å². The molecule has 0 saturated carbocycles. The molecule has 0 spiro atoms. The number of aryl methyl sites for hydroxylation is 1. The molecular formula is C9H16BN3O2. The van der Waals surface area contributed by atoms with Gasteiger partial charge in [0.05, 0.1) is 11.2 Å². The van der Waals surface area contributed by atoms with Crippen molar-refractivity contribution in [2.24, 2.45) is 7.05 Å². The van der Waals surface area contributed by atoms with Gasteiger partial charge in [-0.15, -0.1) is 10.2 Å². The van der Waals surface area contributed by atoms with Crippen molar-refractivity contribution in [3.63, 3.8) is 0 Å². The zero-order valence-electron chi connectivity index (χ0n) is 9.81. The highest BCUT2D eigenvalue weighted by Gasteiger charge is 2.53. The van der Waals surface area contributed by atoms with Crippen molar-refractivity contribution in [1.82, 2.24) is 14.8 Å². The van der Waals surface area contributed by atoms with E-state index >= 15 is 0 Å². The lowest BCUT2D eigenvalue weighted by Crippen LogP contribution is -2.41. The topological polar surface area (TPSA) is 49.2 Å². The Morgan fingerprint density at radius 2 is 1.73 bits per heavy atom. The second-order valence-electron chi connectivity index (χ2n) is 4.89. The zero-order chi connectivity index (χ0) is 11.3. The largest absolute Gasteiger partial charge is 0.534 e. The third-order valence-electron chi connectivity index (χ3n) is 3.21. The van der Waals surface area contributed by atoms with Gasteiger partial charge in [0.1, 0.15) is 6.33 Å². The van der Waals surface area contributed by atoms with Crippen LogP contribution in [0.5, 0.6) is 0 Å². The van der Waals surface area contributed by atoms with Gasteiger partial charge in [-0.3, -0.25) is 0 Å². The Hall–Kier alpha value is -0.875. The second-order valence-corrected chi connectivity index (χ2v) is 4.89. The summed E-state index contributed by atoms with van der Waals surface area (Å²) in [6.07, 6.45) is 1.64. The van der Waals surface area contributed by atoms with E-state index in [9.17, 15) is 0 Å². The van der Waals surface area contributed by atoms with Gasteiger partial charge in [0.25, 0.3) is 0 Å². The summed E-state index contributed by atoms with van der Waals surface area (Å²) in [6, 6.07) is 0. The average Bonchev–Trinajstić information content (AvgIpc) is 2.55. The summed E-state index contributed by atoms with van der Waals surface area (Å²) in [6.45, 7) is 8.07. The van der Waals surface area contributed by atoms with Gasteiger partial charge < -0.3 is 13.9 Å². The second kappa shape index (κ2) is 3.06.